The standard InChI is InChI=1S/C5H4Cl2N2OS/c1-3(6)2-9-5(10)11-4(7)8-9/h1-2H2. The van der Waals surface area contributed by atoms with Gasteiger partial charge in [0.2, 0.25) is 4.47 Å². The van der Waals surface area contributed by atoms with E-state index in [1.54, 1.807) is 0 Å². The quantitative estimate of drug-likeness (QED) is 0.746. The summed E-state index contributed by atoms with van der Waals surface area (Å²) in [5.41, 5.74) is 0. The fourth-order valence-corrected chi connectivity index (χ4v) is 1.44. The summed E-state index contributed by atoms with van der Waals surface area (Å²) in [6.45, 7) is 3.64. The zero-order chi connectivity index (χ0) is 8.43. The van der Waals surface area contributed by atoms with Crippen LogP contribution < -0.4 is 4.87 Å². The van der Waals surface area contributed by atoms with Gasteiger partial charge in [0.05, 0.1) is 6.54 Å². The number of rotatable bonds is 2. The molecule has 0 fully saturated rings. The minimum atomic E-state index is -0.225. The van der Waals surface area contributed by atoms with Gasteiger partial charge in [0.25, 0.3) is 0 Å². The second-order valence-electron chi connectivity index (χ2n) is 1.80. The lowest BCUT2D eigenvalue weighted by atomic mass is 10.6. The van der Waals surface area contributed by atoms with Gasteiger partial charge in [-0.3, -0.25) is 4.79 Å². The summed E-state index contributed by atoms with van der Waals surface area (Å²) in [5, 5.41) is 4.05. The minimum absolute atomic E-state index is 0.212. The molecule has 0 radical (unpaired) electrons. The molecule has 6 heteroatoms. The molecule has 0 aromatic carbocycles. The third-order valence-electron chi connectivity index (χ3n) is 0.903. The summed E-state index contributed by atoms with van der Waals surface area (Å²) >= 11 is 11.8. The lowest BCUT2D eigenvalue weighted by Gasteiger charge is -1.93. The van der Waals surface area contributed by atoms with Crippen LogP contribution in [0.1, 0.15) is 0 Å². The molecule has 0 N–H and O–H groups in total. The van der Waals surface area contributed by atoms with E-state index in [1.807, 2.05) is 0 Å². The first kappa shape index (κ1) is 8.77. The Bertz CT molecular complexity index is 329. The highest BCUT2D eigenvalue weighted by Crippen LogP contribution is 2.07. The molecule has 11 heavy (non-hydrogen) atoms. The Hall–Kier alpha value is -0.320. The van der Waals surface area contributed by atoms with Gasteiger partial charge < -0.3 is 0 Å². The van der Waals surface area contributed by atoms with Crippen LogP contribution in [0.3, 0.4) is 0 Å². The average molecular weight is 211 g/mol. The van der Waals surface area contributed by atoms with Gasteiger partial charge in [-0.15, -0.1) is 5.10 Å². The number of aromatic nitrogens is 2. The molecule has 0 saturated heterocycles. The topological polar surface area (TPSA) is 34.9 Å². The van der Waals surface area contributed by atoms with Crippen molar-refractivity contribution in [2.24, 2.45) is 0 Å². The Morgan fingerprint density at radius 3 is 2.82 bits per heavy atom. The fraction of sp³-hybridized carbons (Fsp3) is 0.200. The lowest BCUT2D eigenvalue weighted by Crippen LogP contribution is -2.14. The van der Waals surface area contributed by atoms with Gasteiger partial charge in [-0.2, -0.15) is 0 Å². The predicted octanol–water partition coefficient (Wildman–Crippen LogP) is 1.71. The molecule has 1 aromatic rings. The lowest BCUT2D eigenvalue weighted by molar-refractivity contribution is 0.675. The van der Waals surface area contributed by atoms with E-state index in [0.29, 0.717) is 5.03 Å². The van der Waals surface area contributed by atoms with Crippen molar-refractivity contribution >= 4 is 34.5 Å². The van der Waals surface area contributed by atoms with E-state index in [4.69, 9.17) is 23.2 Å². The molecule has 0 atom stereocenters. The van der Waals surface area contributed by atoms with Crippen LogP contribution >= 0.6 is 34.5 Å². The zero-order valence-electron chi connectivity index (χ0n) is 5.38. The van der Waals surface area contributed by atoms with Crippen LogP contribution in [-0.4, -0.2) is 9.78 Å². The highest BCUT2D eigenvalue weighted by molar-refractivity contribution is 7.13. The molecule has 0 aliphatic rings. The molecule has 1 heterocycles. The van der Waals surface area contributed by atoms with Crippen LogP contribution in [0, 0.1) is 0 Å². The Morgan fingerprint density at radius 2 is 2.45 bits per heavy atom. The number of halogens is 2. The van der Waals surface area contributed by atoms with Crippen LogP contribution in [0.5, 0.6) is 0 Å². The fourth-order valence-electron chi connectivity index (χ4n) is 0.543. The third kappa shape index (κ3) is 2.32. The molecule has 60 valence electrons. The summed E-state index contributed by atoms with van der Waals surface area (Å²) in [6, 6.07) is 0. The van der Waals surface area contributed by atoms with Crippen LogP contribution in [0.2, 0.25) is 4.47 Å². The van der Waals surface area contributed by atoms with E-state index in [0.717, 1.165) is 11.3 Å². The molecule has 1 rings (SSSR count). The van der Waals surface area contributed by atoms with Crippen molar-refractivity contribution in [1.29, 1.82) is 0 Å². The second-order valence-corrected chi connectivity index (χ2v) is 3.85. The van der Waals surface area contributed by atoms with Crippen molar-refractivity contribution in [2.75, 3.05) is 0 Å². The van der Waals surface area contributed by atoms with Gasteiger partial charge in [0.15, 0.2) is 0 Å². The van der Waals surface area contributed by atoms with E-state index < -0.39 is 0 Å². The van der Waals surface area contributed by atoms with Gasteiger partial charge in [0, 0.05) is 5.03 Å². The Morgan fingerprint density at radius 1 is 1.82 bits per heavy atom. The number of hydrogen-bond acceptors (Lipinski definition) is 3. The van der Waals surface area contributed by atoms with Crippen molar-refractivity contribution < 1.29 is 0 Å². The first-order valence-corrected chi connectivity index (χ1v) is 4.23. The third-order valence-corrected chi connectivity index (χ3v) is 1.96. The maximum atomic E-state index is 10.9. The molecule has 1 aromatic heterocycles. The van der Waals surface area contributed by atoms with Gasteiger partial charge in [-0.1, -0.05) is 18.2 Å². The van der Waals surface area contributed by atoms with Gasteiger partial charge in [-0.05, 0) is 22.9 Å². The van der Waals surface area contributed by atoms with E-state index in [-0.39, 0.29) is 15.9 Å². The molecule has 0 aliphatic heterocycles. The zero-order valence-corrected chi connectivity index (χ0v) is 7.71. The molecule has 0 aliphatic carbocycles. The summed E-state index contributed by atoms with van der Waals surface area (Å²) in [6.07, 6.45) is 0. The summed E-state index contributed by atoms with van der Waals surface area (Å²) < 4.78 is 1.38. The highest BCUT2D eigenvalue weighted by atomic mass is 35.5. The smallest absolute Gasteiger partial charge is 0.255 e. The van der Waals surface area contributed by atoms with Crippen LogP contribution in [0.25, 0.3) is 0 Å². The van der Waals surface area contributed by atoms with E-state index in [9.17, 15) is 4.79 Å². The van der Waals surface area contributed by atoms with E-state index in [1.165, 1.54) is 4.68 Å². The normalized spacial score (nSPS) is 10.0. The van der Waals surface area contributed by atoms with Crippen LogP contribution in [0.15, 0.2) is 16.4 Å². The molecular weight excluding hydrogens is 207 g/mol. The first-order valence-electron chi connectivity index (χ1n) is 2.66. The van der Waals surface area contributed by atoms with Crippen LogP contribution in [0.4, 0.5) is 0 Å². The van der Waals surface area contributed by atoms with Crippen molar-refractivity contribution in [1.82, 2.24) is 9.78 Å². The van der Waals surface area contributed by atoms with Crippen molar-refractivity contribution in [3.05, 3.63) is 25.7 Å². The maximum Gasteiger partial charge on any atom is 0.326 e. The molecule has 0 spiro atoms. The van der Waals surface area contributed by atoms with Crippen molar-refractivity contribution in [3.63, 3.8) is 0 Å². The minimum Gasteiger partial charge on any atom is -0.255 e. The summed E-state index contributed by atoms with van der Waals surface area (Å²) in [4.78, 5) is 10.7. The highest BCUT2D eigenvalue weighted by Gasteiger charge is 2.03. The maximum absolute atomic E-state index is 10.9. The van der Waals surface area contributed by atoms with E-state index in [2.05, 4.69) is 11.7 Å². The van der Waals surface area contributed by atoms with Gasteiger partial charge >= 0.3 is 4.87 Å². The average Bonchev–Trinajstić information content (AvgIpc) is 2.09. The first-order chi connectivity index (χ1) is 5.09. The molecule has 0 bridgehead atoms. The van der Waals surface area contributed by atoms with Gasteiger partial charge in [-0.25, -0.2) is 4.68 Å². The predicted molar refractivity (Wildman–Crippen MR) is 46.4 cm³/mol. The number of hydrogen-bond donors (Lipinski definition) is 0. The molecule has 0 unspecified atom stereocenters. The Labute approximate surface area is 76.9 Å². The van der Waals surface area contributed by atoms with Crippen LogP contribution in [-0.2, 0) is 6.54 Å². The molecule has 0 amide bonds. The second kappa shape index (κ2) is 3.38. The molecular formula is C5H4Cl2N2OS. The van der Waals surface area contributed by atoms with Crippen molar-refractivity contribution in [2.45, 2.75) is 6.54 Å². The largest absolute Gasteiger partial charge is 0.326 e. The SMILES string of the molecule is C=C(Cl)Cn1nc(Cl)sc1=O. The van der Waals surface area contributed by atoms with E-state index >= 15 is 0 Å². The van der Waals surface area contributed by atoms with Crippen molar-refractivity contribution in [3.8, 4) is 0 Å². The number of nitrogens with zero attached hydrogens (tertiary/aromatic N) is 2. The summed E-state index contributed by atoms with van der Waals surface area (Å²) in [5.74, 6) is 0. The molecule has 0 saturated carbocycles. The van der Waals surface area contributed by atoms with Gasteiger partial charge in [0.1, 0.15) is 0 Å². The summed E-state index contributed by atoms with van der Waals surface area (Å²) in [7, 11) is 0. The number of allylic oxidation sites excluding steroid dienone is 1. The molecule has 3 nitrogen and oxygen atoms in total. The Kier molecular flexibility index (Phi) is 2.70. The Balaban J connectivity index is 2.95. The monoisotopic (exact) mass is 210 g/mol.